The Kier molecular flexibility index (Phi) is 43.8. The lowest BCUT2D eigenvalue weighted by molar-refractivity contribution is -0.424. The first-order chi connectivity index (χ1) is 69.0. The van der Waals surface area contributed by atoms with Gasteiger partial charge in [-0.25, -0.2) is 0 Å². The highest BCUT2D eigenvalue weighted by Crippen LogP contribution is 2.45. The third kappa shape index (κ3) is 27.1. The molecule has 11 aliphatic heterocycles. The van der Waals surface area contributed by atoms with Crippen molar-refractivity contribution < 1.29 is 291 Å². The van der Waals surface area contributed by atoms with Crippen molar-refractivity contribution in [3.05, 3.63) is 0 Å². The lowest BCUT2D eigenvalue weighted by Gasteiger charge is -2.51. The smallest absolute Gasteiger partial charge is 0.332 e. The number of amides is 4. The number of nitrogens with one attached hydrogen (secondary N) is 4. The highest BCUT2D eigenvalue weighted by molar-refractivity contribution is 5.74. The van der Waals surface area contributed by atoms with Gasteiger partial charge in [0.1, 0.15) is 238 Å². The Labute approximate surface area is 828 Å². The van der Waals surface area contributed by atoms with Crippen LogP contribution in [0, 0.1) is 11.8 Å². The molecule has 11 rings (SSSR count). The molecule has 0 radical (unpaired) electrons. The van der Waals surface area contributed by atoms with Crippen LogP contribution < -0.4 is 21.3 Å². The van der Waals surface area contributed by atoms with Crippen LogP contribution in [0.3, 0.4) is 0 Å². The Bertz CT molecular complexity index is 4070. The average Bonchev–Trinajstić information content (AvgIpc) is 0.827. The van der Waals surface area contributed by atoms with Crippen molar-refractivity contribution in [2.45, 2.75) is 398 Å². The fourth-order valence-electron chi connectivity index (χ4n) is 19.1. The minimum absolute atomic E-state index is 0.202. The van der Waals surface area contributed by atoms with Crippen molar-refractivity contribution in [3.63, 3.8) is 0 Å². The minimum Gasteiger partial charge on any atom is -0.410 e. The molecule has 0 bridgehead atoms. The summed E-state index contributed by atoms with van der Waals surface area (Å²) in [6.45, 7) is -4.99. The zero-order chi connectivity index (χ0) is 108. The van der Waals surface area contributed by atoms with Crippen molar-refractivity contribution >= 4 is 36.6 Å². The number of aliphatic hydroxyl groups excluding tert-OH is 30. The third-order valence-electron chi connectivity index (χ3n) is 27.3. The lowest BCUT2D eigenvalue weighted by Crippen LogP contribution is -2.71. The van der Waals surface area contributed by atoms with Gasteiger partial charge >= 0.3 is 11.9 Å². The van der Waals surface area contributed by atoms with Gasteiger partial charge in [-0.15, -0.1) is 0 Å². The molecule has 0 aliphatic carbocycles. The van der Waals surface area contributed by atoms with E-state index in [1.54, 1.807) is 0 Å². The highest BCUT2D eigenvalue weighted by atomic mass is 16.9. The largest absolute Gasteiger partial charge is 0.410 e. The first-order valence-electron chi connectivity index (χ1n) is 46.9. The topological polar surface area (TPSA) is 970 Å². The molecule has 0 aromatic carbocycles. The second-order valence-corrected chi connectivity index (χ2v) is 37.4. The minimum atomic E-state index is -2.70. The van der Waals surface area contributed by atoms with Crippen LogP contribution in [0.1, 0.15) is 61.3 Å². The fourth-order valence-corrected chi connectivity index (χ4v) is 19.1. The molecule has 11 heterocycles. The number of hydrogen-bond donors (Lipinski definition) is 34. The maximum absolute atomic E-state index is 13.3. The third-order valence-corrected chi connectivity index (χ3v) is 27.3. The molecule has 844 valence electrons. The normalized spacial score (nSPS) is 47.5. The predicted octanol–water partition coefficient (Wildman–Crippen LogP) is -22.3. The van der Waals surface area contributed by atoms with Crippen LogP contribution in [0.25, 0.3) is 0 Å². The second-order valence-electron chi connectivity index (χ2n) is 37.4. The van der Waals surface area contributed by atoms with E-state index < -0.39 is 458 Å². The van der Waals surface area contributed by atoms with Gasteiger partial charge in [-0.2, -0.15) is 0 Å². The van der Waals surface area contributed by atoms with Crippen molar-refractivity contribution in [1.82, 2.24) is 21.3 Å². The van der Waals surface area contributed by atoms with E-state index in [2.05, 4.69) is 21.3 Å². The number of ether oxygens (including phenoxy) is 23. The summed E-state index contributed by atoms with van der Waals surface area (Å²) in [6, 6.07) is -7.37. The first-order valence-corrected chi connectivity index (χ1v) is 46.9. The number of carbonyl (C=O) groups is 6. The van der Waals surface area contributed by atoms with Crippen molar-refractivity contribution in [2.24, 2.45) is 11.8 Å². The molecule has 4 amide bonds. The zero-order valence-corrected chi connectivity index (χ0v) is 79.4. The number of aliphatic hydroxyl groups is 30. The molecule has 57 atom stereocenters. The monoisotopic (exact) mass is 2130 g/mol. The van der Waals surface area contributed by atoms with Gasteiger partial charge < -0.3 is 283 Å². The molecule has 11 saturated heterocycles. The second kappa shape index (κ2) is 52.8. The first kappa shape index (κ1) is 121. The summed E-state index contributed by atoms with van der Waals surface area (Å²) in [7, 11) is 0. The molecule has 0 spiro atoms. The van der Waals surface area contributed by atoms with E-state index in [0.29, 0.717) is 0 Å². The van der Waals surface area contributed by atoms with E-state index in [-0.39, 0.29) is 12.9 Å². The summed E-state index contributed by atoms with van der Waals surface area (Å²) in [5.41, 5.74) is 0. The molecule has 11 aliphatic rings. The fraction of sp³-hybridized carbons (Fsp3) is 0.928. The number of rotatable bonds is 43. The summed E-state index contributed by atoms with van der Waals surface area (Å²) in [6.07, 6.45) is -105. The van der Waals surface area contributed by atoms with Crippen molar-refractivity contribution in [2.75, 3.05) is 72.7 Å². The Morgan fingerprint density at radius 1 is 0.308 bits per heavy atom. The lowest BCUT2D eigenvalue weighted by atomic mass is 9.87. The molecule has 146 heavy (non-hydrogen) atoms. The van der Waals surface area contributed by atoms with Crippen LogP contribution in [0.15, 0.2) is 0 Å². The van der Waals surface area contributed by atoms with Crippen LogP contribution in [0.2, 0.25) is 0 Å². The summed E-state index contributed by atoms with van der Waals surface area (Å²) >= 11 is 0. The summed E-state index contributed by atoms with van der Waals surface area (Å²) in [4.78, 5) is 76.0. The van der Waals surface area contributed by atoms with E-state index >= 15 is 0 Å². The SMILES string of the molecule is CC(=O)NC1C(O)[C@H](O[C@@H]2OC(CO[C@]3(OC=O)C[C@@H](O)[C@@H](C)C([C@H](O)[C@H](O)CO)O3)[C@H](O)[C@H](O)C2O)[C@H](CO)O[C@H]1OC1[C@@H](OCC2O[C@@H](O[C@@H]3C(CO)O[C@@H](O[C@@H]4C(CO)O[C@@H](C)C(NC(C)=O)[C@H]4O)C(NC(C)=O)[C@H]3O)C(O)[C@@H](O[C@H]3O[C@H](CO)[C@@H](O)C(O)C3O[C@@H]3OC(CO)[C@@H](O[C@@H]4OC(CO[C@]5(OC=O)C[C@@H](O)[C@@H](C)C([C@H](O)[C@H](O)CO)O5)[C@H](O)[C@H](O)C4O)[C@H](O)C3NC(C)=O)[C@@H]2O)OC(CO)[C@@H](O)[C@@H]1O. The van der Waals surface area contributed by atoms with Crippen LogP contribution >= 0.6 is 0 Å². The van der Waals surface area contributed by atoms with Gasteiger partial charge in [-0.1, -0.05) is 13.8 Å². The molecule has 63 heteroatoms. The molecule has 20 unspecified atom stereocenters. The molecule has 63 nitrogen and oxygen atoms in total. The Morgan fingerprint density at radius 3 is 0.932 bits per heavy atom. The molecule has 0 aromatic rings. The average molecular weight is 2140 g/mol. The van der Waals surface area contributed by atoms with Gasteiger partial charge in [0, 0.05) is 39.5 Å². The molecule has 0 saturated carbocycles. The summed E-state index contributed by atoms with van der Waals surface area (Å²) in [5.74, 6) is -11.2. The van der Waals surface area contributed by atoms with Crippen molar-refractivity contribution in [1.29, 1.82) is 0 Å². The van der Waals surface area contributed by atoms with E-state index in [9.17, 15) is 182 Å². The summed E-state index contributed by atoms with van der Waals surface area (Å²) < 4.78 is 137. The predicted molar refractivity (Wildman–Crippen MR) is 452 cm³/mol. The van der Waals surface area contributed by atoms with Crippen molar-refractivity contribution in [3.8, 4) is 0 Å². The van der Waals surface area contributed by atoms with E-state index in [4.69, 9.17) is 109 Å². The molecule has 11 fully saturated rings. The van der Waals surface area contributed by atoms with Gasteiger partial charge in [0.25, 0.3) is 12.9 Å². The van der Waals surface area contributed by atoms with Crippen LogP contribution in [0.5, 0.6) is 0 Å². The van der Waals surface area contributed by atoms with E-state index in [1.165, 1.54) is 20.8 Å². The van der Waals surface area contributed by atoms with Crippen LogP contribution in [-0.2, 0) is 138 Å². The maximum atomic E-state index is 13.3. The van der Waals surface area contributed by atoms with Crippen LogP contribution in [0.4, 0.5) is 0 Å². The molecule has 34 N–H and O–H groups in total. The van der Waals surface area contributed by atoms with Gasteiger partial charge in [0.2, 0.25) is 23.6 Å². The van der Waals surface area contributed by atoms with E-state index in [0.717, 1.165) is 27.7 Å². The van der Waals surface area contributed by atoms with Gasteiger partial charge in [-0.3, -0.25) is 28.8 Å². The number of hydrogen-bond acceptors (Lipinski definition) is 59. The zero-order valence-electron chi connectivity index (χ0n) is 79.4. The maximum Gasteiger partial charge on any atom is 0.332 e. The van der Waals surface area contributed by atoms with Gasteiger partial charge in [0.15, 0.2) is 50.3 Å². The molecular formula is C83H138N4O59. The Morgan fingerprint density at radius 2 is 0.589 bits per heavy atom. The highest BCUT2D eigenvalue weighted by Gasteiger charge is 2.64. The van der Waals surface area contributed by atoms with E-state index in [1.807, 2.05) is 0 Å². The number of carbonyl (C=O) groups excluding carboxylic acids is 6. The van der Waals surface area contributed by atoms with Crippen LogP contribution in [-0.4, -0.2) is 599 Å². The Balaban J connectivity index is 0.887. The quantitative estimate of drug-likeness (QED) is 0.0199. The Hall–Kier alpha value is -5.22. The molecular weight excluding hydrogens is 2000 g/mol. The summed E-state index contributed by atoms with van der Waals surface area (Å²) in [5, 5.41) is 349. The standard InChI is InChI=1S/C83H138N4O59/c1-23-30(102)8-82(127-21-96,145-65(23)47(106)32(104)10-88)125-19-41-51(110)58(117)62(121)77(136-41)139-68-37(15-93)133-75(45(56(68)115)86-28(6)100)143-72-60(119)49(108)34(12-90)130-80(72)124-18-40-53(112)71(64(123)79(135-40)141-70-39(17-95)132-74(44(55(70)114)85-27(5)99)138-67-36(14-92)129-25(3)43(54(67)113)84-26(4)98)142-81-73(61(120)50(109)35(13-91)131-81)144-76-46(87-29(7)101)57(116)69(38(16-94)134-76)140-78-63(122)59(118)52(111)42(137-78)20-126-83(128-22-97)9-31(103)24(2)66(146-83)48(107)33(105)11-89/h21-25,30-81,88-95,102-123H,8-20H2,1-7H3,(H,84,98)(H,85,99)(H,86,100)(H,87,101)/t23-,24-,25+,30-,31-,32-,33-,34?,35-,36?,37+,38?,39?,40?,41?,42?,43?,44?,45?,46?,47-,48-,49-,50-,51+,52+,53-,54-,55-,56?,57-,58+,59+,60+,61?,62?,63?,64?,65?,66?,67-,68-,69-,70-,71+,72?,73?,74+,75+,76+,77+,78+,79+,80+,81-,82+,83+/m1/s1. The van der Waals surface area contributed by atoms with Gasteiger partial charge in [-0.05, 0) is 6.92 Å². The van der Waals surface area contributed by atoms with Gasteiger partial charge in [0.05, 0.1) is 122 Å². The molecule has 0 aromatic heterocycles.